The minimum Gasteiger partial charge on any atom is -0.381 e. The number of H-pyrrole nitrogens is 1. The molecule has 6 nitrogen and oxygen atoms in total. The summed E-state index contributed by atoms with van der Waals surface area (Å²) < 4.78 is 7.72. The average molecular weight is 341 g/mol. The van der Waals surface area contributed by atoms with Gasteiger partial charge in [0.15, 0.2) is 11.3 Å². The van der Waals surface area contributed by atoms with Crippen molar-refractivity contribution in [2.24, 2.45) is 5.92 Å². The molecule has 1 saturated carbocycles. The fraction of sp³-hybridized carbons (Fsp3) is 0.615. The molecule has 0 amide bonds. The Hall–Kier alpha value is -1.21. The number of halogens is 1. The van der Waals surface area contributed by atoms with Crippen molar-refractivity contribution in [3.63, 3.8) is 0 Å². The first kappa shape index (κ1) is 13.8. The molecule has 1 fully saturated rings. The number of fused-ring (bicyclic) bond motifs is 1. The highest BCUT2D eigenvalue weighted by atomic mass is 79.9. The van der Waals surface area contributed by atoms with Crippen LogP contribution >= 0.6 is 15.9 Å². The summed E-state index contributed by atoms with van der Waals surface area (Å²) in [6.45, 7) is 0.695. The normalized spacial score (nSPS) is 23.3. The number of aromatic nitrogens is 4. The van der Waals surface area contributed by atoms with Crippen LogP contribution in [0.1, 0.15) is 25.7 Å². The maximum atomic E-state index is 12.0. The molecule has 0 radical (unpaired) electrons. The number of methoxy groups -OCH3 is 1. The SMILES string of the molecule is COC1CCC(Cn2c(=O)[nH]c3ncc(Br)nc32)CC1. The predicted octanol–water partition coefficient (Wildman–Crippen LogP) is 2.09. The molecule has 0 saturated heterocycles. The molecule has 0 spiro atoms. The van der Waals surface area contributed by atoms with Gasteiger partial charge in [-0.25, -0.2) is 14.8 Å². The molecule has 2 heterocycles. The molecular formula is C13H17BrN4O2. The number of nitrogens with zero attached hydrogens (tertiary/aromatic N) is 3. The van der Waals surface area contributed by atoms with Gasteiger partial charge in [0.25, 0.3) is 0 Å². The zero-order valence-corrected chi connectivity index (χ0v) is 12.9. The van der Waals surface area contributed by atoms with E-state index in [1.807, 2.05) is 0 Å². The van der Waals surface area contributed by atoms with Crippen LogP contribution in [0.2, 0.25) is 0 Å². The standard InChI is InChI=1S/C13H17BrN4O2/c1-20-9-4-2-8(3-5-9)7-18-12-11(17-13(18)19)15-6-10(14)16-12/h6,8-9H,2-5,7H2,1H3,(H,15,17,19). The van der Waals surface area contributed by atoms with E-state index in [1.165, 1.54) is 0 Å². The van der Waals surface area contributed by atoms with Gasteiger partial charge >= 0.3 is 5.69 Å². The summed E-state index contributed by atoms with van der Waals surface area (Å²) in [4.78, 5) is 23.3. The van der Waals surface area contributed by atoms with Gasteiger partial charge in [0.1, 0.15) is 4.60 Å². The van der Waals surface area contributed by atoms with Crippen LogP contribution in [0.3, 0.4) is 0 Å². The van der Waals surface area contributed by atoms with Crippen molar-refractivity contribution in [3.05, 3.63) is 21.3 Å². The average Bonchev–Trinajstić information content (AvgIpc) is 2.76. The third-order valence-corrected chi connectivity index (χ3v) is 4.40. The molecule has 20 heavy (non-hydrogen) atoms. The smallest absolute Gasteiger partial charge is 0.328 e. The fourth-order valence-corrected chi connectivity index (χ4v) is 3.15. The van der Waals surface area contributed by atoms with Crippen LogP contribution in [0.5, 0.6) is 0 Å². The zero-order chi connectivity index (χ0) is 14.1. The summed E-state index contributed by atoms with van der Waals surface area (Å²) in [5.74, 6) is 0.499. The number of aromatic amines is 1. The Bertz CT molecular complexity index is 658. The molecule has 2 aromatic heterocycles. The highest BCUT2D eigenvalue weighted by molar-refractivity contribution is 9.10. The van der Waals surface area contributed by atoms with E-state index in [4.69, 9.17) is 4.74 Å². The number of nitrogens with one attached hydrogen (secondary N) is 1. The Morgan fingerprint density at radius 3 is 2.90 bits per heavy atom. The van der Waals surface area contributed by atoms with Crippen molar-refractivity contribution in [2.75, 3.05) is 7.11 Å². The van der Waals surface area contributed by atoms with E-state index in [0.717, 1.165) is 25.7 Å². The van der Waals surface area contributed by atoms with E-state index in [1.54, 1.807) is 17.9 Å². The summed E-state index contributed by atoms with van der Waals surface area (Å²) in [6.07, 6.45) is 6.26. The quantitative estimate of drug-likeness (QED) is 0.928. The van der Waals surface area contributed by atoms with Crippen LogP contribution in [0.15, 0.2) is 15.6 Å². The fourth-order valence-electron chi connectivity index (χ4n) is 2.88. The predicted molar refractivity (Wildman–Crippen MR) is 78.6 cm³/mol. The second-order valence-corrected chi connectivity index (χ2v) is 6.10. The van der Waals surface area contributed by atoms with E-state index in [0.29, 0.717) is 34.5 Å². The van der Waals surface area contributed by atoms with Crippen molar-refractivity contribution in [1.29, 1.82) is 0 Å². The molecule has 3 rings (SSSR count). The van der Waals surface area contributed by atoms with Gasteiger partial charge in [0.2, 0.25) is 0 Å². The Labute approximate surface area is 124 Å². The molecule has 0 aliphatic heterocycles. The van der Waals surface area contributed by atoms with Gasteiger partial charge in [-0.15, -0.1) is 0 Å². The van der Waals surface area contributed by atoms with Gasteiger partial charge in [-0.3, -0.25) is 9.55 Å². The Kier molecular flexibility index (Phi) is 3.89. The summed E-state index contributed by atoms with van der Waals surface area (Å²) in [5.41, 5.74) is 1.04. The van der Waals surface area contributed by atoms with Crippen LogP contribution in [0, 0.1) is 5.92 Å². The second kappa shape index (κ2) is 5.65. The van der Waals surface area contributed by atoms with Crippen molar-refractivity contribution in [2.45, 2.75) is 38.3 Å². The first-order valence-electron chi connectivity index (χ1n) is 6.81. The zero-order valence-electron chi connectivity index (χ0n) is 11.3. The van der Waals surface area contributed by atoms with Gasteiger partial charge in [0, 0.05) is 13.7 Å². The van der Waals surface area contributed by atoms with Gasteiger partial charge in [0.05, 0.1) is 12.3 Å². The summed E-state index contributed by atoms with van der Waals surface area (Å²) >= 11 is 3.30. The molecule has 0 bridgehead atoms. The van der Waals surface area contributed by atoms with Gasteiger partial charge < -0.3 is 4.74 Å². The first-order valence-corrected chi connectivity index (χ1v) is 7.60. The molecule has 0 atom stereocenters. The topological polar surface area (TPSA) is 72.8 Å². The molecule has 0 unspecified atom stereocenters. The third-order valence-electron chi connectivity index (χ3n) is 4.02. The molecule has 7 heteroatoms. The number of ether oxygens (including phenoxy) is 1. The van der Waals surface area contributed by atoms with Gasteiger partial charge in [-0.05, 0) is 47.5 Å². The van der Waals surface area contributed by atoms with E-state index in [2.05, 4.69) is 30.9 Å². The lowest BCUT2D eigenvalue weighted by Gasteiger charge is -2.27. The van der Waals surface area contributed by atoms with Crippen LogP contribution in [0.25, 0.3) is 11.3 Å². The Balaban J connectivity index is 1.82. The van der Waals surface area contributed by atoms with Gasteiger partial charge in [-0.2, -0.15) is 0 Å². The largest absolute Gasteiger partial charge is 0.381 e. The number of hydrogen-bond acceptors (Lipinski definition) is 4. The maximum Gasteiger partial charge on any atom is 0.328 e. The van der Waals surface area contributed by atoms with Crippen LogP contribution in [-0.4, -0.2) is 32.7 Å². The highest BCUT2D eigenvalue weighted by Crippen LogP contribution is 2.27. The summed E-state index contributed by atoms with van der Waals surface area (Å²) in [7, 11) is 1.77. The summed E-state index contributed by atoms with van der Waals surface area (Å²) in [6, 6.07) is 0. The van der Waals surface area contributed by atoms with Crippen molar-refractivity contribution in [1.82, 2.24) is 19.5 Å². The van der Waals surface area contributed by atoms with Crippen molar-refractivity contribution >= 4 is 27.2 Å². The maximum absolute atomic E-state index is 12.0. The molecule has 2 aromatic rings. The van der Waals surface area contributed by atoms with Crippen LogP contribution in [-0.2, 0) is 11.3 Å². The number of imidazole rings is 1. The number of rotatable bonds is 3. The minimum atomic E-state index is -0.132. The van der Waals surface area contributed by atoms with E-state index in [-0.39, 0.29) is 5.69 Å². The molecule has 1 aliphatic carbocycles. The molecule has 0 aromatic carbocycles. The lowest BCUT2D eigenvalue weighted by atomic mass is 9.87. The lowest BCUT2D eigenvalue weighted by molar-refractivity contribution is 0.0542. The van der Waals surface area contributed by atoms with Gasteiger partial charge in [-0.1, -0.05) is 0 Å². The van der Waals surface area contributed by atoms with Crippen molar-refractivity contribution < 1.29 is 4.74 Å². The number of hydrogen-bond donors (Lipinski definition) is 1. The van der Waals surface area contributed by atoms with E-state index >= 15 is 0 Å². The van der Waals surface area contributed by atoms with Crippen molar-refractivity contribution in [3.8, 4) is 0 Å². The highest BCUT2D eigenvalue weighted by Gasteiger charge is 2.22. The van der Waals surface area contributed by atoms with E-state index in [9.17, 15) is 4.79 Å². The van der Waals surface area contributed by atoms with Crippen LogP contribution < -0.4 is 5.69 Å². The van der Waals surface area contributed by atoms with Crippen LogP contribution in [0.4, 0.5) is 0 Å². The minimum absolute atomic E-state index is 0.132. The molecular weight excluding hydrogens is 324 g/mol. The Morgan fingerprint density at radius 1 is 1.45 bits per heavy atom. The second-order valence-electron chi connectivity index (χ2n) is 5.28. The molecule has 108 valence electrons. The summed E-state index contributed by atoms with van der Waals surface area (Å²) in [5, 5.41) is 0. The molecule has 1 N–H and O–H groups in total. The lowest BCUT2D eigenvalue weighted by Crippen LogP contribution is -2.27. The third kappa shape index (κ3) is 2.64. The molecule has 1 aliphatic rings. The Morgan fingerprint density at radius 2 is 2.20 bits per heavy atom. The van der Waals surface area contributed by atoms with E-state index < -0.39 is 0 Å². The monoisotopic (exact) mass is 340 g/mol. The first-order chi connectivity index (χ1) is 9.67.